The molecule has 2 aliphatic heterocycles. The number of allylic oxidation sites excluding steroid dienone is 2. The third kappa shape index (κ3) is 3.64. The lowest BCUT2D eigenvalue weighted by atomic mass is 9.95. The number of aryl methyl sites for hydroxylation is 1. The number of carbonyl (C=O) groups excluding carboxylic acids is 1. The van der Waals surface area contributed by atoms with Crippen LogP contribution < -0.4 is 11.0 Å². The minimum absolute atomic E-state index is 0.0688. The Bertz CT molecular complexity index is 902. The van der Waals surface area contributed by atoms with Crippen molar-refractivity contribution < 1.29 is 9.53 Å². The highest BCUT2D eigenvalue weighted by Crippen LogP contribution is 2.51. The van der Waals surface area contributed by atoms with Gasteiger partial charge in [0, 0.05) is 11.8 Å². The second-order valence-corrected chi connectivity index (χ2v) is 9.46. The van der Waals surface area contributed by atoms with Gasteiger partial charge >= 0.3 is 11.7 Å². The summed E-state index contributed by atoms with van der Waals surface area (Å²) in [4.78, 5) is 25.8. The normalized spacial score (nSPS) is 25.5. The van der Waals surface area contributed by atoms with Gasteiger partial charge in [0.25, 0.3) is 0 Å². The van der Waals surface area contributed by atoms with Gasteiger partial charge in [-0.25, -0.2) is 14.3 Å². The van der Waals surface area contributed by atoms with E-state index in [-0.39, 0.29) is 23.1 Å². The molecule has 1 saturated carbocycles. The van der Waals surface area contributed by atoms with Crippen molar-refractivity contribution in [1.82, 2.24) is 19.7 Å². The predicted octanol–water partition coefficient (Wildman–Crippen LogP) is 2.65. The van der Waals surface area contributed by atoms with E-state index in [2.05, 4.69) is 16.5 Å². The number of ether oxygens (including phenoxy) is 1. The first-order valence-electron chi connectivity index (χ1n) is 9.90. The Hall–Kier alpha value is -2.02. The van der Waals surface area contributed by atoms with Gasteiger partial charge in [0.05, 0.1) is 12.6 Å². The molecule has 28 heavy (non-hydrogen) atoms. The smallest absolute Gasteiger partial charge is 0.346 e. The number of nitrogens with one attached hydrogen (secondary N) is 1. The number of carbonyl (C=O) groups is 1. The van der Waals surface area contributed by atoms with E-state index in [1.165, 1.54) is 4.68 Å². The fraction of sp³-hybridized carbons (Fsp3) is 0.650. The highest BCUT2D eigenvalue weighted by molar-refractivity contribution is 6.29. The van der Waals surface area contributed by atoms with Crippen LogP contribution in [0.4, 0.5) is 0 Å². The van der Waals surface area contributed by atoms with E-state index in [9.17, 15) is 9.59 Å². The van der Waals surface area contributed by atoms with Crippen LogP contribution in [0.5, 0.6) is 0 Å². The van der Waals surface area contributed by atoms with Crippen molar-refractivity contribution in [2.24, 2.45) is 5.41 Å². The Balaban J connectivity index is 1.58. The Labute approximate surface area is 169 Å². The molecule has 0 spiro atoms. The predicted molar refractivity (Wildman–Crippen MR) is 106 cm³/mol. The first-order valence-corrected chi connectivity index (χ1v) is 10.3. The molecule has 0 saturated heterocycles. The number of hydrogen-bond acceptors (Lipinski definition) is 5. The summed E-state index contributed by atoms with van der Waals surface area (Å²) in [5.74, 6) is 0.318. The van der Waals surface area contributed by atoms with Crippen LogP contribution >= 0.6 is 11.6 Å². The summed E-state index contributed by atoms with van der Waals surface area (Å²) < 4.78 is 8.62. The van der Waals surface area contributed by atoms with Crippen LogP contribution in [0.15, 0.2) is 28.2 Å². The van der Waals surface area contributed by atoms with Crippen LogP contribution in [-0.4, -0.2) is 32.0 Å². The quantitative estimate of drug-likeness (QED) is 0.614. The number of halogens is 1. The number of esters is 1. The fourth-order valence-electron chi connectivity index (χ4n) is 4.11. The molecule has 4 rings (SSSR count). The molecule has 1 aromatic rings. The molecule has 0 radical (unpaired) electrons. The van der Waals surface area contributed by atoms with Gasteiger partial charge in [-0.15, -0.1) is 0 Å². The van der Waals surface area contributed by atoms with Crippen LogP contribution in [0.25, 0.3) is 0 Å². The molecule has 1 aliphatic carbocycles. The van der Waals surface area contributed by atoms with E-state index in [0.717, 1.165) is 19.3 Å². The largest absolute Gasteiger partial charge is 0.458 e. The molecule has 0 amide bonds. The van der Waals surface area contributed by atoms with Crippen molar-refractivity contribution in [3.63, 3.8) is 0 Å². The summed E-state index contributed by atoms with van der Waals surface area (Å²) in [6.07, 6.45) is 9.98. The summed E-state index contributed by atoms with van der Waals surface area (Å²) in [7, 11) is 0. The minimum Gasteiger partial charge on any atom is -0.458 e. The number of fused-ring (bicyclic) bond motifs is 1. The van der Waals surface area contributed by atoms with Crippen molar-refractivity contribution in [2.75, 3.05) is 0 Å². The molecule has 7 nitrogen and oxygen atoms in total. The summed E-state index contributed by atoms with van der Waals surface area (Å²) in [5, 5.41) is 8.48. The Morgan fingerprint density at radius 3 is 2.82 bits per heavy atom. The van der Waals surface area contributed by atoms with Crippen molar-refractivity contribution >= 4 is 17.6 Å². The summed E-state index contributed by atoms with van der Waals surface area (Å²) in [5.41, 5.74) is -0.878. The Kier molecular flexibility index (Phi) is 4.68. The van der Waals surface area contributed by atoms with Crippen LogP contribution in [0.1, 0.15) is 58.3 Å². The van der Waals surface area contributed by atoms with E-state index in [1.54, 1.807) is 4.57 Å². The lowest BCUT2D eigenvalue weighted by Crippen LogP contribution is -2.41. The van der Waals surface area contributed by atoms with Gasteiger partial charge in [-0.1, -0.05) is 23.8 Å². The van der Waals surface area contributed by atoms with Gasteiger partial charge in [-0.2, -0.15) is 5.10 Å². The highest BCUT2D eigenvalue weighted by Gasteiger charge is 2.50. The van der Waals surface area contributed by atoms with E-state index in [1.807, 2.05) is 32.9 Å². The zero-order valence-electron chi connectivity index (χ0n) is 16.6. The summed E-state index contributed by atoms with van der Waals surface area (Å²) in [6.45, 7) is 6.02. The van der Waals surface area contributed by atoms with Gasteiger partial charge in [0.15, 0.2) is 0 Å². The number of rotatable bonds is 4. The fourth-order valence-corrected chi connectivity index (χ4v) is 4.30. The first-order chi connectivity index (χ1) is 13.2. The zero-order valence-corrected chi connectivity index (χ0v) is 17.3. The molecule has 2 atom stereocenters. The second kappa shape index (κ2) is 6.79. The van der Waals surface area contributed by atoms with E-state index in [4.69, 9.17) is 16.3 Å². The molecule has 0 aromatic carbocycles. The average molecular weight is 407 g/mol. The molecule has 0 bridgehead atoms. The van der Waals surface area contributed by atoms with Gasteiger partial charge in [-0.05, 0) is 52.5 Å². The molecule has 152 valence electrons. The van der Waals surface area contributed by atoms with E-state index < -0.39 is 11.6 Å². The van der Waals surface area contributed by atoms with Crippen LogP contribution in [-0.2, 0) is 22.5 Å². The maximum atomic E-state index is 13.1. The van der Waals surface area contributed by atoms with Gasteiger partial charge in [0.2, 0.25) is 0 Å². The summed E-state index contributed by atoms with van der Waals surface area (Å²) in [6, 6.07) is -0.512. The van der Waals surface area contributed by atoms with E-state index in [0.29, 0.717) is 30.4 Å². The van der Waals surface area contributed by atoms with Crippen molar-refractivity contribution in [2.45, 2.75) is 77.1 Å². The highest BCUT2D eigenvalue weighted by atomic mass is 35.5. The monoisotopic (exact) mass is 406 g/mol. The molecule has 8 heteroatoms. The first kappa shape index (κ1) is 19.3. The average Bonchev–Trinajstić information content (AvgIpc) is 3.33. The second-order valence-electron chi connectivity index (χ2n) is 9.05. The van der Waals surface area contributed by atoms with Crippen molar-refractivity contribution in [1.29, 1.82) is 0 Å². The zero-order chi connectivity index (χ0) is 20.1. The maximum absolute atomic E-state index is 13.1. The Morgan fingerprint density at radius 2 is 2.18 bits per heavy atom. The van der Waals surface area contributed by atoms with Crippen molar-refractivity contribution in [3.05, 3.63) is 39.7 Å². The minimum atomic E-state index is -0.593. The number of hydrogen-bond donors (Lipinski definition) is 1. The SMILES string of the molecule is CC(C)(C)OC(=O)C1CCCc2nn(CC3(C4C=CC=C(Cl)N4)CC3)c(=O)n21. The Morgan fingerprint density at radius 1 is 1.43 bits per heavy atom. The van der Waals surface area contributed by atoms with Gasteiger partial charge in [0.1, 0.15) is 22.6 Å². The lowest BCUT2D eigenvalue weighted by molar-refractivity contribution is -0.159. The molecule has 2 unspecified atom stereocenters. The van der Waals surface area contributed by atoms with Crippen molar-refractivity contribution in [3.8, 4) is 0 Å². The molecule has 1 aromatic heterocycles. The molecule has 3 aliphatic rings. The third-order valence-corrected chi connectivity index (χ3v) is 5.90. The molecule has 1 fully saturated rings. The van der Waals surface area contributed by atoms with Gasteiger partial charge in [-0.3, -0.25) is 4.57 Å². The standard InChI is InChI=1S/C20H27ClN4O3/c1-19(2,3)28-17(26)13-6-4-9-16-23-24(18(27)25(13)16)12-20(10-11-20)14-7-5-8-15(21)22-14/h5,7-8,13-14,22H,4,6,9-12H2,1-3H3. The topological polar surface area (TPSA) is 78.2 Å². The molecular weight excluding hydrogens is 380 g/mol. The van der Waals surface area contributed by atoms with Crippen LogP contribution in [0, 0.1) is 5.41 Å². The molecule has 1 N–H and O–H groups in total. The summed E-state index contributed by atoms with van der Waals surface area (Å²) >= 11 is 6.13. The van der Waals surface area contributed by atoms with E-state index >= 15 is 0 Å². The third-order valence-electron chi connectivity index (χ3n) is 5.67. The number of nitrogens with zero attached hydrogens (tertiary/aromatic N) is 3. The van der Waals surface area contributed by atoms with Gasteiger partial charge < -0.3 is 10.1 Å². The number of aromatic nitrogens is 3. The van der Waals surface area contributed by atoms with Crippen LogP contribution in [0.3, 0.4) is 0 Å². The lowest BCUT2D eigenvalue weighted by Gasteiger charge is -2.27. The van der Waals surface area contributed by atoms with Crippen LogP contribution in [0.2, 0.25) is 0 Å². The molecular formula is C20H27ClN4O3. The number of dihydropyridines is 1. The maximum Gasteiger partial charge on any atom is 0.346 e. The molecule has 3 heterocycles.